The highest BCUT2D eigenvalue weighted by Crippen LogP contribution is 2.47. The van der Waals surface area contributed by atoms with Gasteiger partial charge in [-0.2, -0.15) is 0 Å². The molecule has 103 heavy (non-hydrogen) atoms. The second-order valence-corrected chi connectivity index (χ2v) is 24.6. The van der Waals surface area contributed by atoms with Crippen molar-refractivity contribution in [3.8, 4) is 113 Å². The summed E-state index contributed by atoms with van der Waals surface area (Å²) < 4.78 is 12.7. The van der Waals surface area contributed by atoms with Crippen LogP contribution in [0.2, 0.25) is 10.0 Å². The van der Waals surface area contributed by atoms with Crippen LogP contribution in [0.15, 0.2) is 312 Å². The third kappa shape index (κ3) is 13.5. The number of furan rings is 2. The molecule has 17 rings (SSSR count). The zero-order valence-corrected chi connectivity index (χ0v) is 55.9. The number of hydrogen-bond donors (Lipinski definition) is 2. The molecule has 486 valence electrons. The third-order valence-electron chi connectivity index (χ3n) is 17.4. The lowest BCUT2D eigenvalue weighted by molar-refractivity contribution is 0.426. The summed E-state index contributed by atoms with van der Waals surface area (Å²) in [4.78, 5) is 39.9. The predicted octanol–water partition coefficient (Wildman–Crippen LogP) is 22.5. The van der Waals surface area contributed by atoms with E-state index in [0.29, 0.717) is 67.5 Å². The lowest BCUT2D eigenvalue weighted by atomic mass is 9.79. The van der Waals surface area contributed by atoms with Crippen LogP contribution in [0.4, 0.5) is 17.1 Å². The van der Waals surface area contributed by atoms with Gasteiger partial charge in [0.05, 0.1) is 24.7 Å². The molecule has 13 nitrogen and oxygen atoms in total. The fraction of sp³-hybridized carbons (Fsp3) is 0. The average Bonchev–Trinajstić information content (AvgIpc) is 1.61. The summed E-state index contributed by atoms with van der Waals surface area (Å²) in [6.45, 7) is 22.5. The number of hydrogen-bond acceptors (Lipinski definition) is 10. The van der Waals surface area contributed by atoms with Crippen molar-refractivity contribution in [3.63, 3.8) is 0 Å². The van der Waals surface area contributed by atoms with Crippen LogP contribution in [-0.4, -0.2) is 47.1 Å². The Balaban J connectivity index is 0.000000149. The summed E-state index contributed by atoms with van der Waals surface area (Å²) in [5, 5.41) is 22.3. The fourth-order valence-electron chi connectivity index (χ4n) is 12.5. The maximum absolute atomic E-state index is 8.75. The number of benzene rings is 13. The van der Waals surface area contributed by atoms with Gasteiger partial charge < -0.3 is 18.9 Å². The molecule has 13 aromatic carbocycles. The van der Waals surface area contributed by atoms with Gasteiger partial charge in [-0.15, -0.1) is 0 Å². The van der Waals surface area contributed by atoms with E-state index in [9.17, 15) is 0 Å². The molecule has 0 saturated carbocycles. The number of rotatable bonds is 11. The maximum atomic E-state index is 8.75. The van der Waals surface area contributed by atoms with Crippen molar-refractivity contribution in [2.75, 3.05) is 0 Å². The summed E-state index contributed by atoms with van der Waals surface area (Å²) in [6, 6.07) is 97.7. The van der Waals surface area contributed by atoms with Gasteiger partial charge in [0.25, 0.3) is 0 Å². The molecule has 0 saturated heterocycles. The molecule has 4 aromatic heterocycles. The molecule has 0 unspecified atom stereocenters. The van der Waals surface area contributed by atoms with Crippen molar-refractivity contribution in [2.45, 2.75) is 0 Å². The Morgan fingerprint density at radius 2 is 0.631 bits per heavy atom. The molecule has 0 atom stereocenters. The summed E-state index contributed by atoms with van der Waals surface area (Å²) in [5.41, 5.74) is 17.2. The van der Waals surface area contributed by atoms with Gasteiger partial charge in [0.2, 0.25) is 0 Å². The molecular formula is C87H52BCl2N9O4. The van der Waals surface area contributed by atoms with Gasteiger partial charge in [0, 0.05) is 65.5 Å². The zero-order chi connectivity index (χ0) is 70.3. The lowest BCUT2D eigenvalue weighted by Crippen LogP contribution is -2.29. The second kappa shape index (κ2) is 29.1. The number of para-hydroxylation sites is 3. The van der Waals surface area contributed by atoms with Crippen molar-refractivity contribution < 1.29 is 18.9 Å². The summed E-state index contributed by atoms with van der Waals surface area (Å²) in [5.74, 6) is 3.68. The molecule has 4 heterocycles. The first-order valence-electron chi connectivity index (χ1n) is 32.6. The maximum Gasteiger partial charge on any atom is 0.476 e. The first-order chi connectivity index (χ1) is 50.6. The SMILES string of the molecule is Clc1cc(Cl)c2oc3cccc(-c4ccc(-c5nc(-c6ccccc6)nc(-c6ccccc6)n5)cc4)c3c2c1.[C-]#[N+]c1ccccc1-c1cc(-c2ccccc2[N+]#[C-])c2oc3cccc(-c4ccc(-c5nc(-c6ccccc6)nc(-c6ccccc6)n5)cc4)c3c2c1.[C-]#[N+]c1ccccc1B(O)O. The van der Waals surface area contributed by atoms with Crippen LogP contribution in [-0.2, 0) is 0 Å². The van der Waals surface area contributed by atoms with Crippen LogP contribution in [0, 0.1) is 19.7 Å². The Morgan fingerprint density at radius 3 is 1.05 bits per heavy atom. The van der Waals surface area contributed by atoms with Crippen molar-refractivity contribution in [3.05, 3.63) is 348 Å². The zero-order valence-electron chi connectivity index (χ0n) is 54.4. The summed E-state index contributed by atoms with van der Waals surface area (Å²) >= 11 is 12.8. The Morgan fingerprint density at radius 1 is 0.291 bits per heavy atom. The molecule has 0 fully saturated rings. The monoisotopic (exact) mass is 1370 g/mol. The molecular weight excluding hydrogens is 1320 g/mol. The Kier molecular flexibility index (Phi) is 18.5. The third-order valence-corrected chi connectivity index (χ3v) is 17.9. The van der Waals surface area contributed by atoms with E-state index in [1.165, 1.54) is 6.07 Å². The topological polar surface area (TPSA) is 157 Å². The lowest BCUT2D eigenvalue weighted by Gasteiger charge is -2.11. The second-order valence-electron chi connectivity index (χ2n) is 23.8. The van der Waals surface area contributed by atoms with Gasteiger partial charge in [-0.25, -0.2) is 44.4 Å². The van der Waals surface area contributed by atoms with E-state index in [4.69, 9.17) is 91.7 Å². The van der Waals surface area contributed by atoms with Crippen LogP contribution < -0.4 is 5.46 Å². The van der Waals surface area contributed by atoms with E-state index >= 15 is 0 Å². The van der Waals surface area contributed by atoms with E-state index in [2.05, 4.69) is 57.0 Å². The van der Waals surface area contributed by atoms with E-state index in [1.807, 2.05) is 231 Å². The largest absolute Gasteiger partial charge is 0.476 e. The van der Waals surface area contributed by atoms with Crippen LogP contribution in [0.3, 0.4) is 0 Å². The van der Waals surface area contributed by atoms with E-state index in [-0.39, 0.29) is 11.2 Å². The van der Waals surface area contributed by atoms with Crippen molar-refractivity contribution in [1.82, 2.24) is 29.9 Å². The Bertz CT molecular complexity index is 6050. The highest BCUT2D eigenvalue weighted by atomic mass is 35.5. The molecule has 0 aliphatic rings. The first-order valence-corrected chi connectivity index (χ1v) is 33.3. The number of fused-ring (bicyclic) bond motifs is 6. The average molecular weight is 1370 g/mol. The van der Waals surface area contributed by atoms with E-state index in [0.717, 1.165) is 111 Å². The number of halogens is 2. The Labute approximate surface area is 602 Å². The minimum absolute atomic E-state index is 0.252. The summed E-state index contributed by atoms with van der Waals surface area (Å²) in [7, 11) is -1.56. The molecule has 2 N–H and O–H groups in total. The highest BCUT2D eigenvalue weighted by molar-refractivity contribution is 6.60. The normalized spacial score (nSPS) is 10.9. The molecule has 0 aliphatic carbocycles. The quantitative estimate of drug-likeness (QED) is 0.0943. The molecule has 0 spiro atoms. The van der Waals surface area contributed by atoms with Crippen LogP contribution in [0.25, 0.3) is 171 Å². The minimum atomic E-state index is -1.56. The van der Waals surface area contributed by atoms with Gasteiger partial charge in [0.1, 0.15) is 16.7 Å². The molecule has 16 heteroatoms. The molecule has 0 aliphatic heterocycles. The fourth-order valence-corrected chi connectivity index (χ4v) is 13.0. The van der Waals surface area contributed by atoms with E-state index < -0.39 is 7.12 Å². The van der Waals surface area contributed by atoms with Crippen LogP contribution in [0.1, 0.15) is 0 Å². The standard InChI is InChI=1S/C47H27N5O.C33H19Cl2N3O.C7H6BNO2/c1-48-40-21-11-9-18-35(40)34-28-38(37-19-10-12-22-41(37)49-2)44-39(29-34)43-36(20-13-23-42(43)53-44)30-24-26-33(27-25-30)47-51-45(31-14-5-3-6-15-31)50-46(52-47)32-16-7-4-8-17-32;34-24-18-26-29-25(12-7-13-28(29)39-30(26)27(35)19-24)20-14-16-23(17-15-20)33-37-31(21-8-3-1-4-9-21)36-32(38-33)22-10-5-2-6-11-22;1-9-7-5-3-2-4-6(7)8(10)11/h3-29H;1-19H;2-5,10-11H. The summed E-state index contributed by atoms with van der Waals surface area (Å²) in [6.07, 6.45) is 0. The molecule has 0 radical (unpaired) electrons. The predicted molar refractivity (Wildman–Crippen MR) is 414 cm³/mol. The van der Waals surface area contributed by atoms with Gasteiger partial charge in [-0.05, 0) is 80.8 Å². The molecule has 0 amide bonds. The van der Waals surface area contributed by atoms with Crippen LogP contribution in [0.5, 0.6) is 0 Å². The highest BCUT2D eigenvalue weighted by Gasteiger charge is 2.23. The van der Waals surface area contributed by atoms with E-state index in [1.54, 1.807) is 24.3 Å². The minimum Gasteiger partial charge on any atom is -0.455 e. The number of nitrogens with zero attached hydrogens (tertiary/aromatic N) is 9. The van der Waals surface area contributed by atoms with Gasteiger partial charge >= 0.3 is 7.12 Å². The smallest absolute Gasteiger partial charge is 0.455 e. The van der Waals surface area contributed by atoms with Crippen molar-refractivity contribution in [2.24, 2.45) is 0 Å². The Hall–Kier alpha value is -13.5. The van der Waals surface area contributed by atoms with Crippen LogP contribution >= 0.6 is 23.2 Å². The van der Waals surface area contributed by atoms with Crippen molar-refractivity contribution >= 4 is 96.7 Å². The first kappa shape index (κ1) is 65.5. The van der Waals surface area contributed by atoms with Gasteiger partial charge in [-0.1, -0.05) is 290 Å². The van der Waals surface area contributed by atoms with Gasteiger partial charge in [-0.3, -0.25) is 0 Å². The van der Waals surface area contributed by atoms with Crippen molar-refractivity contribution in [1.29, 1.82) is 0 Å². The number of aromatic nitrogens is 6. The molecule has 17 aromatic rings. The molecule has 0 bridgehead atoms. The van der Waals surface area contributed by atoms with Gasteiger partial charge in [0.15, 0.2) is 57.6 Å².